The Hall–Kier alpha value is -2.94. The van der Waals surface area contributed by atoms with E-state index in [-0.39, 0.29) is 5.56 Å². The fourth-order valence-corrected chi connectivity index (χ4v) is 2.99. The van der Waals surface area contributed by atoms with Gasteiger partial charge in [-0.15, -0.1) is 11.3 Å². The van der Waals surface area contributed by atoms with Crippen LogP contribution >= 0.6 is 11.3 Å². The van der Waals surface area contributed by atoms with E-state index in [1.54, 1.807) is 0 Å². The Kier molecular flexibility index (Phi) is 5.41. The van der Waals surface area contributed by atoms with Gasteiger partial charge in [0.25, 0.3) is 0 Å². The van der Waals surface area contributed by atoms with Crippen LogP contribution in [0.2, 0.25) is 0 Å². The van der Waals surface area contributed by atoms with Gasteiger partial charge in [0.15, 0.2) is 11.6 Å². The smallest absolute Gasteiger partial charge is 0.419 e. The van der Waals surface area contributed by atoms with Crippen molar-refractivity contribution in [2.24, 2.45) is 5.10 Å². The lowest BCUT2D eigenvalue weighted by Gasteiger charge is -2.12. The van der Waals surface area contributed by atoms with E-state index < -0.39 is 23.3 Å². The molecule has 4 nitrogen and oxygen atoms in total. The lowest BCUT2D eigenvalue weighted by atomic mass is 10.1. The van der Waals surface area contributed by atoms with Crippen molar-refractivity contribution < 1.29 is 22.3 Å². The number of alkyl halides is 3. The number of nitrogens with zero attached hydrogens (tertiary/aromatic N) is 2. The minimum atomic E-state index is -4.81. The molecule has 0 aliphatic rings. The third-order valence-electron chi connectivity index (χ3n) is 3.57. The molecule has 0 aliphatic carbocycles. The van der Waals surface area contributed by atoms with E-state index in [0.717, 1.165) is 24.4 Å². The van der Waals surface area contributed by atoms with Crippen molar-refractivity contribution in [2.75, 3.05) is 12.5 Å². The summed E-state index contributed by atoms with van der Waals surface area (Å²) in [5, 5.41) is 6.23. The van der Waals surface area contributed by atoms with Crippen molar-refractivity contribution in [3.8, 4) is 17.0 Å². The summed E-state index contributed by atoms with van der Waals surface area (Å²) in [4.78, 5) is 4.36. The lowest BCUT2D eigenvalue weighted by molar-refractivity contribution is -0.140. The van der Waals surface area contributed by atoms with Gasteiger partial charge in [0.1, 0.15) is 0 Å². The van der Waals surface area contributed by atoms with Gasteiger partial charge in [-0.3, -0.25) is 5.43 Å². The second kappa shape index (κ2) is 7.75. The molecule has 0 aliphatic heterocycles. The van der Waals surface area contributed by atoms with Gasteiger partial charge >= 0.3 is 6.18 Å². The summed E-state index contributed by atoms with van der Waals surface area (Å²) in [5.41, 5.74) is 3.05. The van der Waals surface area contributed by atoms with Gasteiger partial charge in [0.05, 0.1) is 24.6 Å². The van der Waals surface area contributed by atoms with Gasteiger partial charge < -0.3 is 4.74 Å². The highest BCUT2D eigenvalue weighted by atomic mass is 32.1. The number of anilines is 1. The molecule has 0 amide bonds. The van der Waals surface area contributed by atoms with Crippen LogP contribution in [0.4, 0.5) is 22.7 Å². The van der Waals surface area contributed by atoms with Crippen LogP contribution in [0.5, 0.6) is 5.75 Å². The summed E-state index contributed by atoms with van der Waals surface area (Å²) in [6.45, 7) is 0. The molecule has 0 bridgehead atoms. The normalized spacial score (nSPS) is 11.7. The third-order valence-corrected chi connectivity index (χ3v) is 4.32. The van der Waals surface area contributed by atoms with Crippen molar-refractivity contribution in [1.29, 1.82) is 0 Å². The first kappa shape index (κ1) is 18.8. The van der Waals surface area contributed by atoms with Gasteiger partial charge in [-0.25, -0.2) is 9.37 Å². The van der Waals surface area contributed by atoms with Crippen LogP contribution in [-0.4, -0.2) is 18.3 Å². The summed E-state index contributed by atoms with van der Waals surface area (Å²) in [6.07, 6.45) is -3.63. The number of aromatic nitrogens is 1. The number of nitrogens with one attached hydrogen (secondary N) is 1. The Morgan fingerprint density at radius 1 is 1.15 bits per heavy atom. The summed E-state index contributed by atoms with van der Waals surface area (Å²) < 4.78 is 57.1. The third kappa shape index (κ3) is 4.25. The predicted molar refractivity (Wildman–Crippen MR) is 96.7 cm³/mol. The topological polar surface area (TPSA) is 46.5 Å². The average molecular weight is 395 g/mol. The van der Waals surface area contributed by atoms with E-state index in [1.165, 1.54) is 17.6 Å². The number of ether oxygens (including phenoxy) is 1. The molecule has 27 heavy (non-hydrogen) atoms. The maximum absolute atomic E-state index is 14.0. The first-order valence-corrected chi connectivity index (χ1v) is 8.52. The molecule has 1 aromatic heterocycles. The molecule has 0 radical (unpaired) electrons. The zero-order valence-corrected chi connectivity index (χ0v) is 14.7. The van der Waals surface area contributed by atoms with Gasteiger partial charge in [-0.2, -0.15) is 18.3 Å². The van der Waals surface area contributed by atoms with Crippen LogP contribution in [0, 0.1) is 5.82 Å². The number of thiazole rings is 1. The van der Waals surface area contributed by atoms with E-state index in [2.05, 4.69) is 15.5 Å². The summed E-state index contributed by atoms with van der Waals surface area (Å²) in [6, 6.07) is 11.3. The number of halogens is 4. The molecular weight excluding hydrogens is 382 g/mol. The lowest BCUT2D eigenvalue weighted by Crippen LogP contribution is -2.10. The molecule has 0 atom stereocenters. The Labute approximate surface area is 156 Å². The Morgan fingerprint density at radius 2 is 1.89 bits per heavy atom. The zero-order chi connectivity index (χ0) is 19.4. The Balaban J connectivity index is 1.77. The molecular formula is C18H13F4N3OS. The van der Waals surface area contributed by atoms with Crippen LogP contribution in [0.25, 0.3) is 11.3 Å². The van der Waals surface area contributed by atoms with E-state index >= 15 is 0 Å². The molecule has 0 saturated carbocycles. The summed E-state index contributed by atoms with van der Waals surface area (Å²) in [7, 11) is 1.09. The molecule has 9 heteroatoms. The van der Waals surface area contributed by atoms with Crippen LogP contribution in [0.15, 0.2) is 52.9 Å². The maximum atomic E-state index is 14.0. The molecule has 0 saturated heterocycles. The Morgan fingerprint density at radius 3 is 2.56 bits per heavy atom. The minimum absolute atomic E-state index is 0.0651. The first-order chi connectivity index (χ1) is 12.9. The summed E-state index contributed by atoms with van der Waals surface area (Å²) in [5.74, 6) is -2.01. The highest BCUT2D eigenvalue weighted by Crippen LogP contribution is 2.36. The number of hydrogen-bond acceptors (Lipinski definition) is 5. The van der Waals surface area contributed by atoms with Crippen LogP contribution in [-0.2, 0) is 6.18 Å². The summed E-state index contributed by atoms with van der Waals surface area (Å²) >= 11 is 1.31. The molecule has 1 heterocycles. The molecule has 2 aromatic carbocycles. The molecule has 0 unspecified atom stereocenters. The van der Waals surface area contributed by atoms with E-state index in [4.69, 9.17) is 4.74 Å². The van der Waals surface area contributed by atoms with E-state index in [0.29, 0.717) is 11.2 Å². The van der Waals surface area contributed by atoms with Crippen molar-refractivity contribution in [3.63, 3.8) is 0 Å². The minimum Gasteiger partial charge on any atom is -0.493 e. The van der Waals surface area contributed by atoms with E-state index in [1.807, 2.05) is 35.7 Å². The van der Waals surface area contributed by atoms with Crippen molar-refractivity contribution in [3.05, 3.63) is 64.8 Å². The highest BCUT2D eigenvalue weighted by molar-refractivity contribution is 7.14. The largest absolute Gasteiger partial charge is 0.493 e. The van der Waals surface area contributed by atoms with Crippen molar-refractivity contribution in [1.82, 2.24) is 4.98 Å². The second-order valence-electron chi connectivity index (χ2n) is 5.32. The SMILES string of the molecule is COc1c(C=NNc2nc(-c3ccccc3)cs2)ccc(C(F)(F)F)c1F. The maximum Gasteiger partial charge on any atom is 0.419 e. The molecule has 3 aromatic rings. The van der Waals surface area contributed by atoms with Gasteiger partial charge in [-0.05, 0) is 12.1 Å². The molecule has 140 valence electrons. The monoisotopic (exact) mass is 395 g/mol. The van der Waals surface area contributed by atoms with Crippen LogP contribution in [0.3, 0.4) is 0 Å². The fraction of sp³-hybridized carbons (Fsp3) is 0.111. The quantitative estimate of drug-likeness (QED) is 0.356. The highest BCUT2D eigenvalue weighted by Gasteiger charge is 2.36. The number of hydrogen-bond donors (Lipinski definition) is 1. The van der Waals surface area contributed by atoms with Crippen LogP contribution < -0.4 is 10.2 Å². The van der Waals surface area contributed by atoms with Crippen molar-refractivity contribution >= 4 is 22.7 Å². The standard InChI is InChI=1S/C18H13F4N3OS/c1-26-16-12(7-8-13(15(16)19)18(20,21)22)9-23-25-17-24-14(10-27-17)11-5-3-2-4-6-11/h2-10H,1H3,(H,24,25). The average Bonchev–Trinajstić information content (AvgIpc) is 3.10. The van der Waals surface area contributed by atoms with E-state index in [9.17, 15) is 17.6 Å². The number of rotatable bonds is 5. The number of methoxy groups -OCH3 is 1. The van der Waals surface area contributed by atoms with Crippen LogP contribution in [0.1, 0.15) is 11.1 Å². The predicted octanol–water partition coefficient (Wildman–Crippen LogP) is 5.42. The van der Waals surface area contributed by atoms with Gasteiger partial charge in [-0.1, -0.05) is 30.3 Å². The Bertz CT molecular complexity index is 955. The van der Waals surface area contributed by atoms with Crippen molar-refractivity contribution in [2.45, 2.75) is 6.18 Å². The molecule has 3 rings (SSSR count). The van der Waals surface area contributed by atoms with Gasteiger partial charge in [0.2, 0.25) is 5.13 Å². The zero-order valence-electron chi connectivity index (χ0n) is 13.9. The second-order valence-corrected chi connectivity index (χ2v) is 6.18. The fourth-order valence-electron chi connectivity index (χ4n) is 2.32. The number of benzene rings is 2. The first-order valence-electron chi connectivity index (χ1n) is 7.64. The molecule has 0 spiro atoms. The number of hydrazone groups is 1. The van der Waals surface area contributed by atoms with Gasteiger partial charge in [0, 0.05) is 16.5 Å². The molecule has 1 N–H and O–H groups in total. The molecule has 0 fully saturated rings.